The Labute approximate surface area is 142 Å². The molecule has 1 aliphatic rings. The number of para-hydroxylation sites is 2. The van der Waals surface area contributed by atoms with Gasteiger partial charge in [0.1, 0.15) is 11.5 Å². The van der Waals surface area contributed by atoms with E-state index < -0.39 is 0 Å². The first-order chi connectivity index (χ1) is 11.8. The van der Waals surface area contributed by atoms with E-state index in [0.717, 1.165) is 35.5 Å². The highest BCUT2D eigenvalue weighted by atomic mass is 16.5. The summed E-state index contributed by atoms with van der Waals surface area (Å²) >= 11 is 0. The van der Waals surface area contributed by atoms with Gasteiger partial charge in [-0.25, -0.2) is 0 Å². The van der Waals surface area contributed by atoms with Crippen LogP contribution in [0.15, 0.2) is 60.7 Å². The molecule has 0 fully saturated rings. The summed E-state index contributed by atoms with van der Waals surface area (Å²) in [5.41, 5.74) is 1.82. The number of allylic oxidation sites excluding steroid dienone is 2. The van der Waals surface area contributed by atoms with Crippen molar-refractivity contribution in [2.75, 3.05) is 13.2 Å². The molecule has 2 aromatic carbocycles. The van der Waals surface area contributed by atoms with E-state index in [-0.39, 0.29) is 5.78 Å². The normalized spacial score (nSPS) is 16.6. The summed E-state index contributed by atoms with van der Waals surface area (Å²) in [7, 11) is 0. The number of ether oxygens (including phenoxy) is 2. The highest BCUT2D eigenvalue weighted by Gasteiger charge is 2.03. The number of rotatable bonds is 0. The lowest BCUT2D eigenvalue weighted by Gasteiger charge is -2.10. The molecule has 1 aliphatic heterocycles. The van der Waals surface area contributed by atoms with Crippen molar-refractivity contribution in [3.8, 4) is 11.5 Å². The lowest BCUT2D eigenvalue weighted by Crippen LogP contribution is -2.03. The van der Waals surface area contributed by atoms with Gasteiger partial charge in [0.25, 0.3) is 0 Å². The summed E-state index contributed by atoms with van der Waals surface area (Å²) in [4.78, 5) is 12.1. The summed E-state index contributed by atoms with van der Waals surface area (Å²) in [6.45, 7) is 1.25. The van der Waals surface area contributed by atoms with Gasteiger partial charge in [0.15, 0.2) is 5.78 Å². The van der Waals surface area contributed by atoms with Crippen LogP contribution in [0, 0.1) is 0 Å². The second-order valence-electron chi connectivity index (χ2n) is 5.55. The molecular weight excluding hydrogens is 300 g/mol. The lowest BCUT2D eigenvalue weighted by molar-refractivity contribution is -0.110. The third kappa shape index (κ3) is 4.35. The molecule has 0 amide bonds. The third-order valence-corrected chi connectivity index (χ3v) is 3.75. The first-order valence-corrected chi connectivity index (χ1v) is 8.17. The average molecular weight is 320 g/mol. The smallest absolute Gasteiger partial charge is 0.178 e. The zero-order chi connectivity index (χ0) is 16.6. The SMILES string of the molecule is O=C1C=Cc2ccccc2OCCCCOc2ccccc2/C=C/1. The highest BCUT2D eigenvalue weighted by molar-refractivity contribution is 6.04. The van der Waals surface area contributed by atoms with Crippen molar-refractivity contribution in [3.63, 3.8) is 0 Å². The average Bonchev–Trinajstić information content (AvgIpc) is 2.62. The number of fused-ring (bicyclic) bond motifs is 2. The predicted molar refractivity (Wildman–Crippen MR) is 96.2 cm³/mol. The molecule has 0 radical (unpaired) electrons. The predicted octanol–water partition coefficient (Wildman–Crippen LogP) is 4.53. The maximum absolute atomic E-state index is 12.1. The molecule has 0 aliphatic carbocycles. The molecule has 0 aromatic heterocycles. The van der Waals surface area contributed by atoms with E-state index in [9.17, 15) is 4.79 Å². The lowest BCUT2D eigenvalue weighted by atomic mass is 10.1. The van der Waals surface area contributed by atoms with Crippen molar-refractivity contribution in [1.29, 1.82) is 0 Å². The number of benzene rings is 2. The maximum Gasteiger partial charge on any atom is 0.178 e. The number of hydrogen-bond donors (Lipinski definition) is 0. The largest absolute Gasteiger partial charge is 0.493 e. The Bertz CT molecular complexity index is 696. The number of carbonyl (C=O) groups is 1. The van der Waals surface area contributed by atoms with Gasteiger partial charge in [-0.1, -0.05) is 36.4 Å². The Morgan fingerprint density at radius 2 is 1.08 bits per heavy atom. The monoisotopic (exact) mass is 320 g/mol. The molecular formula is C21H20O3. The summed E-state index contributed by atoms with van der Waals surface area (Å²) in [6, 6.07) is 15.5. The van der Waals surface area contributed by atoms with Crippen LogP contribution in [0.2, 0.25) is 0 Å². The Balaban J connectivity index is 1.86. The molecule has 0 spiro atoms. The van der Waals surface area contributed by atoms with Crippen molar-refractivity contribution in [2.45, 2.75) is 12.8 Å². The quantitative estimate of drug-likeness (QED) is 0.715. The molecule has 2 aromatic rings. The van der Waals surface area contributed by atoms with E-state index in [1.54, 1.807) is 24.3 Å². The fourth-order valence-electron chi connectivity index (χ4n) is 2.47. The first-order valence-electron chi connectivity index (χ1n) is 8.17. The van der Waals surface area contributed by atoms with Gasteiger partial charge in [-0.05, 0) is 49.3 Å². The summed E-state index contributed by atoms with van der Waals surface area (Å²) in [6.07, 6.45) is 8.53. The van der Waals surface area contributed by atoms with Crippen LogP contribution in [0.25, 0.3) is 12.2 Å². The van der Waals surface area contributed by atoms with E-state index in [4.69, 9.17) is 9.47 Å². The Hall–Kier alpha value is -2.81. The molecule has 0 saturated heterocycles. The van der Waals surface area contributed by atoms with Crippen molar-refractivity contribution in [1.82, 2.24) is 0 Å². The van der Waals surface area contributed by atoms with Gasteiger partial charge >= 0.3 is 0 Å². The molecule has 24 heavy (non-hydrogen) atoms. The standard InChI is InChI=1S/C21H20O3/c22-19-13-11-17-7-1-3-9-20(17)23-15-5-6-16-24-21-10-4-2-8-18(21)12-14-19/h1-4,7-14H,5-6,15-16H2/b13-11+,14-12?. The van der Waals surface area contributed by atoms with Crippen molar-refractivity contribution in [2.24, 2.45) is 0 Å². The Kier molecular flexibility index (Phi) is 5.46. The van der Waals surface area contributed by atoms with Gasteiger partial charge in [-0.2, -0.15) is 0 Å². The van der Waals surface area contributed by atoms with E-state index >= 15 is 0 Å². The molecule has 0 bridgehead atoms. The minimum atomic E-state index is -0.0746. The minimum absolute atomic E-state index is 0.0746. The van der Waals surface area contributed by atoms with Crippen LogP contribution in [0.3, 0.4) is 0 Å². The number of hydrogen-bond acceptors (Lipinski definition) is 3. The van der Waals surface area contributed by atoms with Gasteiger partial charge in [-0.15, -0.1) is 0 Å². The van der Waals surface area contributed by atoms with E-state index in [2.05, 4.69) is 0 Å². The fourth-order valence-corrected chi connectivity index (χ4v) is 2.47. The fraction of sp³-hybridized carbons (Fsp3) is 0.190. The topological polar surface area (TPSA) is 35.5 Å². The van der Waals surface area contributed by atoms with E-state index in [1.807, 2.05) is 48.5 Å². The van der Waals surface area contributed by atoms with Gasteiger partial charge in [0.2, 0.25) is 0 Å². The van der Waals surface area contributed by atoms with Gasteiger partial charge < -0.3 is 9.47 Å². The highest BCUT2D eigenvalue weighted by Crippen LogP contribution is 2.22. The zero-order valence-corrected chi connectivity index (χ0v) is 13.5. The minimum Gasteiger partial charge on any atom is -0.493 e. The van der Waals surface area contributed by atoms with Crippen molar-refractivity contribution in [3.05, 3.63) is 71.8 Å². The Morgan fingerprint density at radius 1 is 0.625 bits per heavy atom. The van der Waals surface area contributed by atoms with E-state index in [1.165, 1.54) is 0 Å². The summed E-state index contributed by atoms with van der Waals surface area (Å²) in [5, 5.41) is 0. The van der Waals surface area contributed by atoms with Gasteiger partial charge in [-0.3, -0.25) is 4.79 Å². The molecule has 0 unspecified atom stereocenters. The molecule has 1 heterocycles. The van der Waals surface area contributed by atoms with Crippen LogP contribution in [0.4, 0.5) is 0 Å². The van der Waals surface area contributed by atoms with Crippen LogP contribution in [-0.2, 0) is 4.79 Å². The molecule has 0 atom stereocenters. The van der Waals surface area contributed by atoms with Crippen LogP contribution >= 0.6 is 0 Å². The van der Waals surface area contributed by atoms with Crippen LogP contribution in [0.5, 0.6) is 11.5 Å². The second-order valence-corrected chi connectivity index (χ2v) is 5.55. The number of carbonyl (C=O) groups excluding carboxylic acids is 1. The first kappa shape index (κ1) is 16.1. The molecule has 3 nitrogen and oxygen atoms in total. The summed E-state index contributed by atoms with van der Waals surface area (Å²) < 4.78 is 11.7. The second kappa shape index (κ2) is 8.16. The van der Waals surface area contributed by atoms with Gasteiger partial charge in [0, 0.05) is 11.1 Å². The molecule has 0 saturated carbocycles. The molecule has 122 valence electrons. The van der Waals surface area contributed by atoms with Gasteiger partial charge in [0.05, 0.1) is 13.2 Å². The maximum atomic E-state index is 12.1. The van der Waals surface area contributed by atoms with Crippen LogP contribution < -0.4 is 9.47 Å². The molecule has 3 heteroatoms. The molecule has 0 N–H and O–H groups in total. The summed E-state index contributed by atoms with van der Waals surface area (Å²) in [5.74, 6) is 1.52. The third-order valence-electron chi connectivity index (χ3n) is 3.75. The number of ketones is 1. The Morgan fingerprint density at radius 3 is 1.58 bits per heavy atom. The van der Waals surface area contributed by atoms with Crippen LogP contribution in [-0.4, -0.2) is 19.0 Å². The van der Waals surface area contributed by atoms with Crippen molar-refractivity contribution < 1.29 is 14.3 Å². The van der Waals surface area contributed by atoms with Crippen molar-refractivity contribution >= 4 is 17.9 Å². The van der Waals surface area contributed by atoms with Crippen LogP contribution in [0.1, 0.15) is 24.0 Å². The van der Waals surface area contributed by atoms with E-state index in [0.29, 0.717) is 13.2 Å². The molecule has 3 rings (SSSR count). The zero-order valence-electron chi connectivity index (χ0n) is 13.5.